The zero-order valence-electron chi connectivity index (χ0n) is 8.67. The lowest BCUT2D eigenvalue weighted by Crippen LogP contribution is -2.36. The molecule has 7 heteroatoms. The van der Waals surface area contributed by atoms with E-state index in [1.807, 2.05) is 0 Å². The second-order valence-corrected chi connectivity index (χ2v) is 4.35. The standard InChI is InChI=1S/C10H9N3O3S/c11-8(14)5-13-9(15)7(17-10(13)16)4-6-2-1-3-12-6/h1-4,12H,5H2,(H2,11,14)/b7-4-. The van der Waals surface area contributed by atoms with E-state index < -0.39 is 17.1 Å². The molecule has 0 aromatic carbocycles. The molecule has 1 aliphatic rings. The van der Waals surface area contributed by atoms with Gasteiger partial charge in [-0.05, 0) is 30.0 Å². The van der Waals surface area contributed by atoms with E-state index in [2.05, 4.69) is 4.98 Å². The molecule has 2 heterocycles. The van der Waals surface area contributed by atoms with E-state index in [9.17, 15) is 14.4 Å². The summed E-state index contributed by atoms with van der Waals surface area (Å²) in [7, 11) is 0. The van der Waals surface area contributed by atoms with Crippen molar-refractivity contribution in [1.82, 2.24) is 9.88 Å². The number of carbonyl (C=O) groups excluding carboxylic acids is 3. The normalized spacial score (nSPS) is 18.1. The van der Waals surface area contributed by atoms with Crippen LogP contribution in [-0.2, 0) is 9.59 Å². The average Bonchev–Trinajstić information content (AvgIpc) is 2.83. The van der Waals surface area contributed by atoms with Gasteiger partial charge in [0.05, 0.1) is 4.91 Å². The molecule has 3 amide bonds. The maximum absolute atomic E-state index is 11.8. The number of hydrogen-bond donors (Lipinski definition) is 2. The van der Waals surface area contributed by atoms with Crippen molar-refractivity contribution in [2.24, 2.45) is 5.73 Å². The van der Waals surface area contributed by atoms with E-state index in [0.717, 1.165) is 22.4 Å². The molecule has 3 N–H and O–H groups in total. The van der Waals surface area contributed by atoms with E-state index in [1.54, 1.807) is 24.4 Å². The molecular weight excluding hydrogens is 242 g/mol. The molecule has 1 aromatic heterocycles. The highest BCUT2D eigenvalue weighted by atomic mass is 32.2. The topological polar surface area (TPSA) is 96.3 Å². The number of nitrogens with two attached hydrogens (primary N) is 1. The number of nitrogens with zero attached hydrogens (tertiary/aromatic N) is 1. The van der Waals surface area contributed by atoms with Crippen molar-refractivity contribution in [1.29, 1.82) is 0 Å². The van der Waals surface area contributed by atoms with Crippen LogP contribution in [0.25, 0.3) is 6.08 Å². The molecule has 1 saturated heterocycles. The Morgan fingerprint density at radius 3 is 2.88 bits per heavy atom. The molecule has 0 atom stereocenters. The summed E-state index contributed by atoms with van der Waals surface area (Å²) in [5, 5.41) is -0.480. The van der Waals surface area contributed by atoms with Gasteiger partial charge in [0, 0.05) is 11.9 Å². The number of rotatable bonds is 3. The van der Waals surface area contributed by atoms with E-state index in [1.165, 1.54) is 0 Å². The van der Waals surface area contributed by atoms with Gasteiger partial charge in [-0.2, -0.15) is 0 Å². The summed E-state index contributed by atoms with van der Waals surface area (Å²) < 4.78 is 0. The van der Waals surface area contributed by atoms with Gasteiger partial charge in [0.15, 0.2) is 0 Å². The van der Waals surface area contributed by atoms with Crippen LogP contribution in [0.5, 0.6) is 0 Å². The molecule has 6 nitrogen and oxygen atoms in total. The minimum atomic E-state index is -0.714. The van der Waals surface area contributed by atoms with Gasteiger partial charge >= 0.3 is 0 Å². The van der Waals surface area contributed by atoms with Crippen LogP contribution in [0.1, 0.15) is 5.69 Å². The largest absolute Gasteiger partial charge is 0.368 e. The van der Waals surface area contributed by atoms with Gasteiger partial charge in [-0.1, -0.05) is 0 Å². The fraction of sp³-hybridized carbons (Fsp3) is 0.100. The Labute approximate surface area is 101 Å². The lowest BCUT2D eigenvalue weighted by Gasteiger charge is -2.08. The Bertz CT molecular complexity index is 507. The molecule has 1 aromatic rings. The maximum Gasteiger partial charge on any atom is 0.294 e. The monoisotopic (exact) mass is 251 g/mol. The van der Waals surface area contributed by atoms with Gasteiger partial charge in [0.2, 0.25) is 5.91 Å². The Balaban J connectivity index is 2.21. The summed E-state index contributed by atoms with van der Waals surface area (Å²) in [5.74, 6) is -1.21. The Kier molecular flexibility index (Phi) is 3.01. The molecule has 0 aliphatic carbocycles. The number of primary amides is 1. The lowest BCUT2D eigenvalue weighted by molar-refractivity contribution is -0.127. The van der Waals surface area contributed by atoms with Crippen LogP contribution in [0.15, 0.2) is 23.2 Å². The summed E-state index contributed by atoms with van der Waals surface area (Å²) in [5.41, 5.74) is 5.68. The lowest BCUT2D eigenvalue weighted by atomic mass is 10.3. The van der Waals surface area contributed by atoms with Crippen LogP contribution < -0.4 is 5.73 Å². The maximum atomic E-state index is 11.8. The van der Waals surface area contributed by atoms with Crippen LogP contribution in [0.4, 0.5) is 4.79 Å². The molecule has 17 heavy (non-hydrogen) atoms. The van der Waals surface area contributed by atoms with E-state index in [0.29, 0.717) is 0 Å². The second kappa shape index (κ2) is 4.46. The molecule has 0 radical (unpaired) electrons. The number of aromatic nitrogens is 1. The minimum absolute atomic E-state index is 0.277. The Morgan fingerprint density at radius 2 is 2.29 bits per heavy atom. The van der Waals surface area contributed by atoms with Crippen molar-refractivity contribution in [3.8, 4) is 0 Å². The Hall–Kier alpha value is -2.02. The molecule has 0 unspecified atom stereocenters. The average molecular weight is 251 g/mol. The molecule has 1 aliphatic heterocycles. The highest BCUT2D eigenvalue weighted by Gasteiger charge is 2.35. The SMILES string of the molecule is NC(=O)CN1C(=O)S/C(=C\c2ccc[nH]2)C1=O. The highest BCUT2D eigenvalue weighted by molar-refractivity contribution is 8.18. The van der Waals surface area contributed by atoms with Gasteiger partial charge < -0.3 is 10.7 Å². The van der Waals surface area contributed by atoms with E-state index in [-0.39, 0.29) is 11.4 Å². The first-order valence-electron chi connectivity index (χ1n) is 4.75. The first-order valence-corrected chi connectivity index (χ1v) is 5.56. The van der Waals surface area contributed by atoms with Crippen molar-refractivity contribution >= 4 is 34.9 Å². The fourth-order valence-corrected chi connectivity index (χ4v) is 2.20. The van der Waals surface area contributed by atoms with E-state index >= 15 is 0 Å². The fourth-order valence-electron chi connectivity index (χ4n) is 1.37. The second-order valence-electron chi connectivity index (χ2n) is 3.36. The van der Waals surface area contributed by atoms with Crippen LogP contribution >= 0.6 is 11.8 Å². The van der Waals surface area contributed by atoms with Crippen LogP contribution in [0.3, 0.4) is 0 Å². The first kappa shape index (κ1) is 11.5. The predicted molar refractivity (Wildman–Crippen MR) is 62.7 cm³/mol. The number of nitrogens with one attached hydrogen (secondary N) is 1. The zero-order chi connectivity index (χ0) is 12.4. The number of imide groups is 1. The number of carbonyl (C=O) groups is 3. The summed E-state index contributed by atoms with van der Waals surface area (Å²) in [6.45, 7) is -0.382. The molecule has 0 spiro atoms. The van der Waals surface area contributed by atoms with Crippen molar-refractivity contribution in [2.45, 2.75) is 0 Å². The molecule has 0 saturated carbocycles. The zero-order valence-corrected chi connectivity index (χ0v) is 9.49. The number of aromatic amines is 1. The predicted octanol–water partition coefficient (Wildman–Crippen LogP) is 0.536. The van der Waals surface area contributed by atoms with Crippen molar-refractivity contribution in [3.05, 3.63) is 28.9 Å². The number of amides is 3. The summed E-state index contributed by atoms with van der Waals surface area (Å²) in [6, 6.07) is 3.54. The smallest absolute Gasteiger partial charge is 0.294 e. The van der Waals surface area contributed by atoms with Gasteiger partial charge in [-0.25, -0.2) is 0 Å². The van der Waals surface area contributed by atoms with Gasteiger partial charge in [0.1, 0.15) is 6.54 Å². The molecule has 2 rings (SSSR count). The van der Waals surface area contributed by atoms with Gasteiger partial charge in [-0.3, -0.25) is 19.3 Å². The summed E-state index contributed by atoms with van der Waals surface area (Å²) in [6.07, 6.45) is 3.27. The van der Waals surface area contributed by atoms with Crippen molar-refractivity contribution < 1.29 is 14.4 Å². The molecule has 0 bridgehead atoms. The highest BCUT2D eigenvalue weighted by Crippen LogP contribution is 2.31. The van der Waals surface area contributed by atoms with Gasteiger partial charge in [0.25, 0.3) is 11.1 Å². The third-order valence-electron chi connectivity index (χ3n) is 2.10. The third kappa shape index (κ3) is 2.39. The third-order valence-corrected chi connectivity index (χ3v) is 3.00. The summed E-state index contributed by atoms with van der Waals surface area (Å²) in [4.78, 5) is 38.0. The quantitative estimate of drug-likeness (QED) is 0.766. The molecule has 88 valence electrons. The van der Waals surface area contributed by atoms with Crippen LogP contribution in [-0.4, -0.2) is 33.5 Å². The van der Waals surface area contributed by atoms with E-state index in [4.69, 9.17) is 5.73 Å². The number of H-pyrrole nitrogens is 1. The molecule has 1 fully saturated rings. The van der Waals surface area contributed by atoms with Crippen molar-refractivity contribution in [3.63, 3.8) is 0 Å². The van der Waals surface area contributed by atoms with Crippen molar-refractivity contribution in [2.75, 3.05) is 6.54 Å². The number of hydrogen-bond acceptors (Lipinski definition) is 4. The number of thioether (sulfide) groups is 1. The summed E-state index contributed by atoms with van der Waals surface area (Å²) >= 11 is 0.793. The minimum Gasteiger partial charge on any atom is -0.368 e. The van der Waals surface area contributed by atoms with Gasteiger partial charge in [-0.15, -0.1) is 0 Å². The Morgan fingerprint density at radius 1 is 1.53 bits per heavy atom. The first-order chi connectivity index (χ1) is 8.08. The van der Waals surface area contributed by atoms with Crippen LogP contribution in [0, 0.1) is 0 Å². The molecular formula is C10H9N3O3S. The van der Waals surface area contributed by atoms with Crippen LogP contribution in [0.2, 0.25) is 0 Å².